The smallest absolute Gasteiger partial charge is 0.309 e. The number of hydrogen-bond donors (Lipinski definition) is 1. The van der Waals surface area contributed by atoms with Gasteiger partial charge in [0.1, 0.15) is 0 Å². The van der Waals surface area contributed by atoms with Crippen molar-refractivity contribution in [3.8, 4) is 5.69 Å². The predicted octanol–water partition coefficient (Wildman–Crippen LogP) is 1.85. The van der Waals surface area contributed by atoms with Crippen molar-refractivity contribution in [2.75, 3.05) is 7.11 Å². The van der Waals surface area contributed by atoms with Crippen LogP contribution >= 0.6 is 11.6 Å². The molecule has 0 aliphatic heterocycles. The predicted molar refractivity (Wildman–Crippen MR) is 102 cm³/mol. The molecule has 0 spiro atoms. The summed E-state index contributed by atoms with van der Waals surface area (Å²) in [7, 11) is -2.51. The van der Waals surface area contributed by atoms with Crippen molar-refractivity contribution in [1.82, 2.24) is 9.78 Å². The first-order chi connectivity index (χ1) is 13.1. The van der Waals surface area contributed by atoms with Crippen LogP contribution in [0.5, 0.6) is 0 Å². The average Bonchev–Trinajstić information content (AvgIpc) is 3.09. The van der Waals surface area contributed by atoms with Crippen LogP contribution in [-0.4, -0.2) is 47.7 Å². The van der Waals surface area contributed by atoms with E-state index in [4.69, 9.17) is 16.3 Å². The molecule has 8 nitrogen and oxygen atoms in total. The minimum absolute atomic E-state index is 0.0485. The third kappa shape index (κ3) is 3.69. The van der Waals surface area contributed by atoms with E-state index in [9.17, 15) is 23.1 Å². The van der Waals surface area contributed by atoms with E-state index in [0.29, 0.717) is 11.4 Å². The van der Waals surface area contributed by atoms with E-state index in [1.165, 1.54) is 31.4 Å². The lowest BCUT2D eigenvalue weighted by Gasteiger charge is -2.14. The molecule has 3 rings (SSSR count). The average molecular weight is 427 g/mol. The van der Waals surface area contributed by atoms with Crippen molar-refractivity contribution in [2.24, 2.45) is 5.92 Å². The van der Waals surface area contributed by atoms with Crippen LogP contribution in [-0.2, 0) is 19.4 Å². The summed E-state index contributed by atoms with van der Waals surface area (Å²) >= 11 is 6.23. The summed E-state index contributed by atoms with van der Waals surface area (Å²) in [6.07, 6.45) is -0.648. The Labute approximate surface area is 166 Å². The lowest BCUT2D eigenvalue weighted by molar-refractivity contribution is -0.145. The molecule has 10 heteroatoms. The zero-order chi connectivity index (χ0) is 20.6. The van der Waals surface area contributed by atoms with Crippen LogP contribution in [0.4, 0.5) is 0 Å². The Morgan fingerprint density at radius 3 is 2.57 bits per heavy atom. The van der Waals surface area contributed by atoms with Gasteiger partial charge in [0.25, 0.3) is 5.56 Å². The van der Waals surface area contributed by atoms with Crippen molar-refractivity contribution in [3.63, 3.8) is 0 Å². The van der Waals surface area contributed by atoms with Gasteiger partial charge in [-0.1, -0.05) is 11.6 Å². The van der Waals surface area contributed by atoms with Crippen molar-refractivity contribution < 1.29 is 23.1 Å². The zero-order valence-electron chi connectivity index (χ0n) is 15.2. The number of nitrogens with zero attached hydrogens (tertiary/aromatic N) is 2. The third-order valence-electron chi connectivity index (χ3n) is 4.92. The molecule has 3 atom stereocenters. The molecule has 1 aromatic heterocycles. The largest absolute Gasteiger partial charge is 0.481 e. The molecule has 1 N–H and O–H groups in total. The van der Waals surface area contributed by atoms with Gasteiger partial charge in [0.2, 0.25) is 0 Å². The Bertz CT molecular complexity index is 1080. The maximum absolute atomic E-state index is 13.0. The first-order valence-electron chi connectivity index (χ1n) is 8.51. The summed E-state index contributed by atoms with van der Waals surface area (Å²) in [6, 6.07) is 7.06. The zero-order valence-corrected chi connectivity index (χ0v) is 16.8. The van der Waals surface area contributed by atoms with E-state index in [1.54, 1.807) is 13.0 Å². The summed E-state index contributed by atoms with van der Waals surface area (Å²) in [5.74, 6) is -1.98. The van der Waals surface area contributed by atoms with Gasteiger partial charge >= 0.3 is 5.97 Å². The molecular weight excluding hydrogens is 408 g/mol. The van der Waals surface area contributed by atoms with E-state index in [2.05, 4.69) is 5.10 Å². The second-order valence-electron chi connectivity index (χ2n) is 6.70. The van der Waals surface area contributed by atoms with Gasteiger partial charge in [-0.2, -0.15) is 9.78 Å². The Hall–Kier alpha value is -2.23. The van der Waals surface area contributed by atoms with Gasteiger partial charge in [-0.3, -0.25) is 9.59 Å². The molecular formula is C18H19ClN2O6S. The molecule has 0 unspecified atom stereocenters. The fourth-order valence-electron chi connectivity index (χ4n) is 3.45. The molecule has 28 heavy (non-hydrogen) atoms. The maximum atomic E-state index is 13.0. The minimum Gasteiger partial charge on any atom is -0.481 e. The highest BCUT2D eigenvalue weighted by Gasteiger charge is 2.45. The van der Waals surface area contributed by atoms with Gasteiger partial charge in [0, 0.05) is 13.2 Å². The number of aryl methyl sites for hydroxylation is 1. The molecule has 2 aromatic rings. The molecule has 1 aliphatic rings. The molecule has 150 valence electrons. The summed E-state index contributed by atoms with van der Waals surface area (Å²) in [5, 5.41) is 12.4. The fraction of sp³-hybridized carbons (Fsp3) is 0.389. The number of ether oxygens (including phenoxy) is 1. The maximum Gasteiger partial charge on any atom is 0.309 e. The van der Waals surface area contributed by atoms with Crippen LogP contribution in [0.15, 0.2) is 40.0 Å². The molecule has 0 saturated heterocycles. The number of aromatic nitrogens is 2. The van der Waals surface area contributed by atoms with Crippen LogP contribution in [0.2, 0.25) is 5.02 Å². The van der Waals surface area contributed by atoms with Crippen molar-refractivity contribution >= 4 is 27.4 Å². The van der Waals surface area contributed by atoms with Gasteiger partial charge in [0.15, 0.2) is 9.84 Å². The molecule has 0 amide bonds. The molecule has 1 saturated carbocycles. The normalized spacial score (nSPS) is 22.3. The van der Waals surface area contributed by atoms with E-state index < -0.39 is 33.1 Å². The van der Waals surface area contributed by atoms with Crippen molar-refractivity contribution in [2.45, 2.75) is 36.0 Å². The number of aliphatic carboxylic acids is 1. The highest BCUT2D eigenvalue weighted by molar-refractivity contribution is 7.92. The number of sulfone groups is 1. The summed E-state index contributed by atoms with van der Waals surface area (Å²) in [6.45, 7) is 1.72. The molecule has 1 aliphatic carbocycles. The quantitative estimate of drug-likeness (QED) is 0.775. The van der Waals surface area contributed by atoms with Gasteiger partial charge in [0.05, 0.1) is 38.6 Å². The first-order valence-corrected chi connectivity index (χ1v) is 10.4. The van der Waals surface area contributed by atoms with Gasteiger partial charge in [-0.25, -0.2) is 8.42 Å². The number of methoxy groups -OCH3 is 1. The summed E-state index contributed by atoms with van der Waals surface area (Å²) < 4.78 is 32.4. The van der Waals surface area contributed by atoms with Crippen LogP contribution in [0.3, 0.4) is 0 Å². The second-order valence-corrected chi connectivity index (χ2v) is 9.30. The molecule has 1 heterocycles. The van der Waals surface area contributed by atoms with E-state index >= 15 is 0 Å². The topological polar surface area (TPSA) is 116 Å². The first kappa shape index (κ1) is 20.5. The van der Waals surface area contributed by atoms with Crippen molar-refractivity contribution in [1.29, 1.82) is 0 Å². The number of hydrogen-bond acceptors (Lipinski definition) is 6. The number of carboxylic acid groups (broad SMARTS) is 1. The minimum atomic E-state index is -3.88. The Kier molecular flexibility index (Phi) is 5.60. The highest BCUT2D eigenvalue weighted by Crippen LogP contribution is 2.38. The van der Waals surface area contributed by atoms with Gasteiger partial charge in [-0.15, -0.1) is 0 Å². The van der Waals surface area contributed by atoms with E-state index in [-0.39, 0.29) is 28.3 Å². The lowest BCUT2D eigenvalue weighted by Crippen LogP contribution is -2.24. The second kappa shape index (κ2) is 7.65. The third-order valence-corrected chi connectivity index (χ3v) is 7.58. The number of carboxylic acids is 1. The Morgan fingerprint density at radius 1 is 1.29 bits per heavy atom. The molecule has 1 fully saturated rings. The number of carbonyl (C=O) groups is 1. The van der Waals surface area contributed by atoms with Gasteiger partial charge < -0.3 is 9.84 Å². The van der Waals surface area contributed by atoms with Crippen LogP contribution in [0, 0.1) is 12.8 Å². The van der Waals surface area contributed by atoms with Crippen LogP contribution < -0.4 is 5.56 Å². The SMILES string of the molecule is CO[C@H]1C[C@@H](S(=O)(=O)c2ccc(-n3nc(C)ccc3=O)cc2Cl)C[C@@H]1C(=O)O. The Morgan fingerprint density at radius 2 is 2.00 bits per heavy atom. The molecule has 1 aromatic carbocycles. The number of rotatable bonds is 5. The highest BCUT2D eigenvalue weighted by atomic mass is 35.5. The fourth-order valence-corrected chi connectivity index (χ4v) is 5.80. The standard InChI is InChI=1S/C18H19ClN2O6S/c1-10-3-6-17(22)21(20-10)11-4-5-16(14(19)7-11)28(25,26)12-8-13(18(23)24)15(9-12)27-2/h3-7,12-13,15H,8-9H2,1-2H3,(H,23,24)/t12-,13-,15-/m0/s1. The number of halogens is 1. The molecule has 0 radical (unpaired) electrons. The number of benzene rings is 1. The van der Waals surface area contributed by atoms with Gasteiger partial charge in [-0.05, 0) is 44.0 Å². The van der Waals surface area contributed by atoms with Crippen LogP contribution in [0.1, 0.15) is 18.5 Å². The Balaban J connectivity index is 1.97. The monoisotopic (exact) mass is 426 g/mol. The lowest BCUT2D eigenvalue weighted by atomic mass is 10.1. The van der Waals surface area contributed by atoms with E-state index in [1.807, 2.05) is 0 Å². The summed E-state index contributed by atoms with van der Waals surface area (Å²) in [5.41, 5.74) is 0.575. The molecule has 0 bridgehead atoms. The van der Waals surface area contributed by atoms with Crippen LogP contribution in [0.25, 0.3) is 5.69 Å². The van der Waals surface area contributed by atoms with Crippen molar-refractivity contribution in [3.05, 3.63) is 51.4 Å². The summed E-state index contributed by atoms with van der Waals surface area (Å²) in [4.78, 5) is 23.3. The van der Waals surface area contributed by atoms with E-state index in [0.717, 1.165) is 4.68 Å².